The van der Waals surface area contributed by atoms with Crippen LogP contribution >= 0.6 is 0 Å². The van der Waals surface area contributed by atoms with Crippen molar-refractivity contribution in [3.8, 4) is 67.8 Å². The second-order valence-corrected chi connectivity index (χ2v) is 52.4. The van der Waals surface area contributed by atoms with E-state index < -0.39 is 24.2 Å². The molecule has 12 heterocycles. The predicted molar refractivity (Wildman–Crippen MR) is 503 cm³/mol. The van der Waals surface area contributed by atoms with E-state index in [-0.39, 0.29) is 0 Å². The molecule has 3 aliphatic rings. The quantitative estimate of drug-likeness (QED) is 0.0468. The maximum Gasteiger partial charge on any atom is 0.146 e. The zero-order valence-electron chi connectivity index (χ0n) is 70.0. The first-order chi connectivity index (χ1) is 56.3. The molecule has 576 valence electrons. The zero-order chi connectivity index (χ0) is 81.2. The molecule has 0 fully saturated rings. The minimum Gasteiger partial charge on any atom is -0.354 e. The van der Waals surface area contributed by atoms with Crippen molar-refractivity contribution < 1.29 is 0 Å². The van der Waals surface area contributed by atoms with E-state index >= 15 is 0 Å². The third-order valence-electron chi connectivity index (χ3n) is 26.8. The number of hydrogen-bond donors (Lipinski definition) is 3. The molecule has 16 aromatic rings. The van der Waals surface area contributed by atoms with Gasteiger partial charge in [-0.15, -0.1) is 16.6 Å². The monoisotopic (exact) mass is 1570 g/mol. The number of benzene rings is 7. The minimum absolute atomic E-state index is 0.508. The van der Waals surface area contributed by atoms with Gasteiger partial charge in [0.05, 0.1) is 67.3 Å². The standard InChI is InChI=1S/C102H96N12Si3/c1-55(2)115(56(3)4,57(5)6)52-49-64-19-25-67(26-20-64)88-82-43-37-76(103-82)70-31-33-72-78-39-45-84(105-78)89(68-27-21-65(22-28-68)50-53-116(58(7)8,59(9)10)60(11)12)86-47-41-80(107-86)74-35-36-75-81-42-48-87(108-81)90(69-29-23-66(24-30-69)51-54-117(61(13)14,62(15)16)63(17)18)85-46-40-79(106-85)73-34-32-71(77-38-44-83(88)104-77)92-94(73)112-100-98(110-92)97-99(111-93(72)91(70)109-97)101-102(100)114-96(75)95(74)113-101/h19-48,55-63,103,106-107H,1-18H3. The number of aromatic nitrogens is 12. The van der Waals surface area contributed by atoms with E-state index in [2.05, 4.69) is 356 Å². The van der Waals surface area contributed by atoms with Gasteiger partial charge in [-0.3, -0.25) is 0 Å². The number of fused-ring (bicyclic) bond motifs is 18. The number of aromatic amines is 3. The summed E-state index contributed by atoms with van der Waals surface area (Å²) in [6, 6.07) is 52.2. The highest BCUT2D eigenvalue weighted by molar-refractivity contribution is 6.91. The molecule has 0 radical (unpaired) electrons. The van der Waals surface area contributed by atoms with Gasteiger partial charge in [0.1, 0.15) is 57.3 Å². The van der Waals surface area contributed by atoms with Crippen molar-refractivity contribution in [3.63, 3.8) is 0 Å². The number of nitrogens with one attached hydrogen (secondary N) is 3. The van der Waals surface area contributed by atoms with Crippen LogP contribution in [0.5, 0.6) is 0 Å². The summed E-state index contributed by atoms with van der Waals surface area (Å²) < 4.78 is 0. The molecule has 0 spiro atoms. The van der Waals surface area contributed by atoms with Crippen LogP contribution in [0.3, 0.4) is 0 Å². The molecule has 24 bridgehead atoms. The Morgan fingerprint density at radius 3 is 0.624 bits per heavy atom. The molecule has 15 heteroatoms. The van der Waals surface area contributed by atoms with Gasteiger partial charge < -0.3 is 15.0 Å². The second kappa shape index (κ2) is 28.1. The van der Waals surface area contributed by atoms with Gasteiger partial charge in [-0.2, -0.15) is 0 Å². The van der Waals surface area contributed by atoms with Gasteiger partial charge in [-0.25, -0.2) is 44.9 Å². The van der Waals surface area contributed by atoms with Crippen LogP contribution in [0.2, 0.25) is 49.9 Å². The first kappa shape index (κ1) is 75.0. The summed E-state index contributed by atoms with van der Waals surface area (Å²) >= 11 is 0. The molecule has 3 aliphatic heterocycles. The van der Waals surface area contributed by atoms with E-state index in [1.807, 2.05) is 0 Å². The second-order valence-electron chi connectivity index (χ2n) is 35.6. The summed E-state index contributed by atoms with van der Waals surface area (Å²) in [6.07, 6.45) is 12.8. The Morgan fingerprint density at radius 1 is 0.205 bits per heavy atom. The number of H-pyrrole nitrogens is 3. The van der Waals surface area contributed by atoms with Crippen LogP contribution in [-0.4, -0.2) is 84.0 Å². The number of nitrogens with zero attached hydrogens (tertiary/aromatic N) is 9. The van der Waals surface area contributed by atoms with E-state index in [4.69, 9.17) is 44.9 Å². The van der Waals surface area contributed by atoms with Gasteiger partial charge in [-0.05, 0) is 212 Å². The highest BCUT2D eigenvalue weighted by Crippen LogP contribution is 2.47. The third-order valence-corrected chi connectivity index (χ3v) is 45.7. The SMILES string of the molecule is CC(C)[Si](C#Cc1ccc(-c2c3nc(c4ccc5c6ccc([nH]6)c(-c6ccc(C#C[Si](C(C)C)(C(C)C)C(C)C)cc6)c6nc(c7ccc8c9ccc([nH]9)c(-c9ccc(C#C[Si](C(C)C)(C(C)C)C(C)C)cc9)c9nc(c%10ccc(c%11ccc2[nH]%11)c2nc%11c(nc%102)c2nc8c7nc2c2nc5c4nc%112)C=C9)C=C6)C=C3)cc1)(C(C)C)C(C)C. The summed E-state index contributed by atoms with van der Waals surface area (Å²) in [6.45, 7) is 42.6. The molecule has 7 aromatic carbocycles. The number of hydrogen-bond acceptors (Lipinski definition) is 9. The molecular formula is C102H96N12Si3. The summed E-state index contributed by atoms with van der Waals surface area (Å²) in [5.74, 6) is 11.2. The third kappa shape index (κ3) is 11.8. The van der Waals surface area contributed by atoms with Gasteiger partial charge in [0.25, 0.3) is 0 Å². The summed E-state index contributed by atoms with van der Waals surface area (Å²) in [7, 11) is -6.08. The molecule has 117 heavy (non-hydrogen) atoms. The molecule has 0 unspecified atom stereocenters. The van der Waals surface area contributed by atoms with Crippen molar-refractivity contribution in [2.45, 2.75) is 174 Å². The Kier molecular flexibility index (Phi) is 18.0. The lowest BCUT2D eigenvalue weighted by Crippen LogP contribution is -2.43. The molecule has 0 aliphatic carbocycles. The smallest absolute Gasteiger partial charge is 0.146 e. The van der Waals surface area contributed by atoms with E-state index in [9.17, 15) is 0 Å². The maximum atomic E-state index is 5.98. The Morgan fingerprint density at radius 2 is 0.402 bits per heavy atom. The van der Waals surface area contributed by atoms with Crippen LogP contribution < -0.4 is 0 Å². The van der Waals surface area contributed by atoms with Gasteiger partial charge in [-0.1, -0.05) is 179 Å². The zero-order valence-corrected chi connectivity index (χ0v) is 73.0. The Balaban J connectivity index is 0.944. The van der Waals surface area contributed by atoms with Gasteiger partial charge in [0.2, 0.25) is 0 Å². The number of rotatable bonds is 12. The Labute approximate surface area is 686 Å². The summed E-state index contributed by atoms with van der Waals surface area (Å²) in [4.78, 5) is 64.8. The van der Waals surface area contributed by atoms with Crippen molar-refractivity contribution in [3.05, 3.63) is 196 Å². The molecule has 0 saturated heterocycles. The highest BCUT2D eigenvalue weighted by Gasteiger charge is 2.44. The fourth-order valence-electron chi connectivity index (χ4n) is 21.0. The predicted octanol–water partition coefficient (Wildman–Crippen LogP) is 26.9. The van der Waals surface area contributed by atoms with Crippen LogP contribution in [0.15, 0.2) is 146 Å². The Hall–Kier alpha value is -12.0. The normalized spacial score (nSPS) is 13.3. The maximum absolute atomic E-state index is 5.98. The topological polar surface area (TPSA) is 163 Å². The van der Waals surface area contributed by atoms with Crippen LogP contribution in [0.4, 0.5) is 0 Å². The molecule has 9 aromatic heterocycles. The largest absolute Gasteiger partial charge is 0.354 e. The lowest BCUT2D eigenvalue weighted by molar-refractivity contribution is 0.838. The average Bonchev–Trinajstić information content (AvgIpc) is 1.54. The van der Waals surface area contributed by atoms with Crippen molar-refractivity contribution in [1.82, 2.24) is 59.8 Å². The van der Waals surface area contributed by atoms with Crippen LogP contribution in [-0.2, 0) is 0 Å². The molecule has 0 amide bonds. The average molecular weight is 1570 g/mol. The molecule has 3 N–H and O–H groups in total. The fraction of sp³-hybridized carbons (Fsp3) is 0.265. The van der Waals surface area contributed by atoms with Crippen LogP contribution in [0, 0.1) is 34.4 Å². The van der Waals surface area contributed by atoms with Crippen LogP contribution in [0.1, 0.15) is 175 Å². The molecule has 0 atom stereocenters. The lowest BCUT2D eigenvalue weighted by atomic mass is 10.0. The first-order valence-electron chi connectivity index (χ1n) is 41.9. The first-order valence-corrected chi connectivity index (χ1v) is 48.6. The van der Waals surface area contributed by atoms with Crippen molar-refractivity contribution in [1.29, 1.82) is 0 Å². The van der Waals surface area contributed by atoms with Gasteiger partial charge in [0, 0.05) is 98.8 Å². The summed E-state index contributed by atoms with van der Waals surface area (Å²) in [5.41, 5.74) is 42.1. The van der Waals surface area contributed by atoms with E-state index in [0.717, 1.165) is 150 Å². The van der Waals surface area contributed by atoms with Gasteiger partial charge in [0.15, 0.2) is 0 Å². The van der Waals surface area contributed by atoms with Crippen LogP contribution in [0.25, 0.3) is 201 Å². The highest BCUT2D eigenvalue weighted by atomic mass is 28.3. The molecule has 12 nitrogen and oxygen atoms in total. The van der Waals surface area contributed by atoms with E-state index in [1.165, 1.54) is 0 Å². The van der Waals surface area contributed by atoms with E-state index in [1.54, 1.807) is 0 Å². The van der Waals surface area contributed by atoms with Gasteiger partial charge >= 0.3 is 0 Å². The fourth-order valence-corrected chi connectivity index (χ4v) is 36.7. The van der Waals surface area contributed by atoms with E-state index in [0.29, 0.717) is 116 Å². The molecule has 0 saturated carbocycles. The Bertz CT molecular complexity index is 6600. The van der Waals surface area contributed by atoms with Crippen molar-refractivity contribution in [2.75, 3.05) is 0 Å². The minimum atomic E-state index is -2.03. The van der Waals surface area contributed by atoms with Crippen molar-refractivity contribution >= 4 is 192 Å². The van der Waals surface area contributed by atoms with Crippen molar-refractivity contribution in [2.24, 2.45) is 0 Å². The molecule has 19 rings (SSSR count). The lowest BCUT2D eigenvalue weighted by Gasteiger charge is -2.38. The molecular weight excluding hydrogens is 1480 g/mol. The summed E-state index contributed by atoms with van der Waals surface area (Å²) in [5, 5.41) is 4.93.